The second kappa shape index (κ2) is 4.62. The largest absolute Gasteiger partial charge is 0.244 e. The highest BCUT2D eigenvalue weighted by atomic mass is 35.5. The maximum atomic E-state index is 12.7. The SMILES string of the molecule is CN=S(=O)(c1ccc(C(C)C)c(Cl)c1)C1CC1. The van der Waals surface area contributed by atoms with E-state index in [9.17, 15) is 4.21 Å². The Kier molecular flexibility index (Phi) is 3.50. The minimum absolute atomic E-state index is 0.230. The second-order valence-electron chi connectivity index (χ2n) is 4.79. The van der Waals surface area contributed by atoms with E-state index in [1.54, 1.807) is 7.05 Å². The van der Waals surface area contributed by atoms with Gasteiger partial charge in [0.2, 0.25) is 0 Å². The summed E-state index contributed by atoms with van der Waals surface area (Å²) in [4.78, 5) is 0.789. The summed E-state index contributed by atoms with van der Waals surface area (Å²) in [6.07, 6.45) is 2.03. The van der Waals surface area contributed by atoms with Crippen molar-refractivity contribution in [3.8, 4) is 0 Å². The third-order valence-corrected chi connectivity index (χ3v) is 6.35. The zero-order valence-electron chi connectivity index (χ0n) is 10.4. The lowest BCUT2D eigenvalue weighted by atomic mass is 10.0. The van der Waals surface area contributed by atoms with E-state index >= 15 is 0 Å². The van der Waals surface area contributed by atoms with E-state index in [1.807, 2.05) is 18.2 Å². The van der Waals surface area contributed by atoms with Gasteiger partial charge in [-0.2, -0.15) is 0 Å². The van der Waals surface area contributed by atoms with Gasteiger partial charge in [-0.15, -0.1) is 0 Å². The average molecular weight is 272 g/mol. The van der Waals surface area contributed by atoms with Crippen molar-refractivity contribution < 1.29 is 4.21 Å². The number of benzene rings is 1. The van der Waals surface area contributed by atoms with Crippen molar-refractivity contribution in [1.82, 2.24) is 0 Å². The molecule has 4 heteroatoms. The smallest absolute Gasteiger partial charge is 0.0779 e. The van der Waals surface area contributed by atoms with Gasteiger partial charge in [-0.1, -0.05) is 31.5 Å². The second-order valence-corrected chi connectivity index (χ2v) is 7.84. The molecule has 2 nitrogen and oxygen atoms in total. The predicted molar refractivity (Wildman–Crippen MR) is 73.3 cm³/mol. The summed E-state index contributed by atoms with van der Waals surface area (Å²) >= 11 is 6.25. The number of hydrogen-bond donors (Lipinski definition) is 0. The molecule has 1 fully saturated rings. The normalized spacial score (nSPS) is 19.1. The summed E-state index contributed by atoms with van der Waals surface area (Å²) in [7, 11) is -0.592. The average Bonchev–Trinajstić information content (AvgIpc) is 3.11. The first-order chi connectivity index (χ1) is 7.99. The third kappa shape index (κ3) is 2.36. The highest BCUT2D eigenvalue weighted by molar-refractivity contribution is 7.94. The van der Waals surface area contributed by atoms with Crippen molar-refractivity contribution in [1.29, 1.82) is 0 Å². The molecular weight excluding hydrogens is 254 g/mol. The van der Waals surface area contributed by atoms with Gasteiger partial charge in [0.1, 0.15) is 0 Å². The zero-order valence-corrected chi connectivity index (χ0v) is 12.0. The fourth-order valence-electron chi connectivity index (χ4n) is 1.99. The first-order valence-corrected chi connectivity index (χ1v) is 7.88. The number of hydrogen-bond acceptors (Lipinski definition) is 2. The molecule has 0 bridgehead atoms. The van der Waals surface area contributed by atoms with E-state index in [1.165, 1.54) is 0 Å². The number of nitrogens with zero attached hydrogens (tertiary/aromatic N) is 1. The van der Waals surface area contributed by atoms with Crippen LogP contribution < -0.4 is 0 Å². The van der Waals surface area contributed by atoms with E-state index < -0.39 is 9.73 Å². The van der Waals surface area contributed by atoms with E-state index in [0.29, 0.717) is 10.9 Å². The molecule has 0 N–H and O–H groups in total. The Labute approximate surface area is 109 Å². The summed E-state index contributed by atoms with van der Waals surface area (Å²) < 4.78 is 16.9. The molecule has 0 saturated heterocycles. The number of halogens is 1. The van der Waals surface area contributed by atoms with Gasteiger partial charge in [-0.25, -0.2) is 8.57 Å². The third-order valence-electron chi connectivity index (χ3n) is 3.18. The Morgan fingerprint density at radius 2 is 2.06 bits per heavy atom. The highest BCUT2D eigenvalue weighted by Crippen LogP contribution is 2.37. The Morgan fingerprint density at radius 1 is 1.41 bits per heavy atom. The van der Waals surface area contributed by atoms with Gasteiger partial charge in [0.15, 0.2) is 0 Å². The molecule has 1 atom stereocenters. The van der Waals surface area contributed by atoms with Gasteiger partial charge in [-0.05, 0) is 36.5 Å². The molecule has 1 saturated carbocycles. The Bertz CT molecular complexity index is 540. The van der Waals surface area contributed by atoms with Crippen LogP contribution in [0.1, 0.15) is 38.2 Å². The molecule has 0 heterocycles. The van der Waals surface area contributed by atoms with Crippen LogP contribution >= 0.6 is 11.6 Å². The van der Waals surface area contributed by atoms with Gasteiger partial charge < -0.3 is 0 Å². The summed E-state index contributed by atoms with van der Waals surface area (Å²) in [5.41, 5.74) is 1.10. The molecule has 0 radical (unpaired) electrons. The van der Waals surface area contributed by atoms with Crippen LogP contribution in [0, 0.1) is 0 Å². The molecular formula is C13H18ClNOS. The van der Waals surface area contributed by atoms with Crippen molar-refractivity contribution in [3.05, 3.63) is 28.8 Å². The minimum Gasteiger partial charge on any atom is -0.244 e. The van der Waals surface area contributed by atoms with Crippen molar-refractivity contribution >= 4 is 21.3 Å². The van der Waals surface area contributed by atoms with Gasteiger partial charge in [0, 0.05) is 22.2 Å². The van der Waals surface area contributed by atoms with Crippen molar-refractivity contribution in [2.24, 2.45) is 4.36 Å². The molecule has 1 aliphatic carbocycles. The summed E-state index contributed by atoms with van der Waals surface area (Å²) in [6.45, 7) is 4.20. The Morgan fingerprint density at radius 3 is 2.47 bits per heavy atom. The zero-order chi connectivity index (χ0) is 12.6. The first-order valence-electron chi connectivity index (χ1n) is 5.92. The van der Waals surface area contributed by atoms with Crippen LogP contribution in [0.4, 0.5) is 0 Å². The lowest BCUT2D eigenvalue weighted by molar-refractivity contribution is 0.675. The van der Waals surface area contributed by atoms with E-state index in [-0.39, 0.29) is 5.25 Å². The maximum absolute atomic E-state index is 12.7. The topological polar surface area (TPSA) is 29.4 Å². The van der Waals surface area contributed by atoms with Crippen LogP contribution in [0.3, 0.4) is 0 Å². The molecule has 17 heavy (non-hydrogen) atoms. The van der Waals surface area contributed by atoms with Crippen LogP contribution in [-0.2, 0) is 9.73 Å². The van der Waals surface area contributed by atoms with E-state index in [0.717, 1.165) is 23.3 Å². The molecule has 1 aliphatic rings. The van der Waals surface area contributed by atoms with Crippen molar-refractivity contribution in [2.45, 2.75) is 42.8 Å². The van der Waals surface area contributed by atoms with Gasteiger partial charge >= 0.3 is 0 Å². The summed E-state index contributed by atoms with van der Waals surface area (Å²) in [5.74, 6) is 0.382. The van der Waals surface area contributed by atoms with Crippen LogP contribution in [0.2, 0.25) is 5.02 Å². The van der Waals surface area contributed by atoms with Gasteiger partial charge in [0.05, 0.1) is 9.73 Å². The Hall–Kier alpha value is -0.540. The lowest BCUT2D eigenvalue weighted by Gasteiger charge is -2.12. The fraction of sp³-hybridized carbons (Fsp3) is 0.538. The molecule has 1 unspecified atom stereocenters. The molecule has 1 aromatic carbocycles. The van der Waals surface area contributed by atoms with E-state index in [2.05, 4.69) is 18.2 Å². The van der Waals surface area contributed by atoms with Crippen molar-refractivity contribution in [2.75, 3.05) is 7.05 Å². The summed E-state index contributed by atoms with van der Waals surface area (Å²) in [5, 5.41) is 0.933. The van der Waals surface area contributed by atoms with Gasteiger partial charge in [-0.3, -0.25) is 0 Å². The van der Waals surface area contributed by atoms with Crippen molar-refractivity contribution in [3.63, 3.8) is 0 Å². The quantitative estimate of drug-likeness (QED) is 0.814. The molecule has 0 aromatic heterocycles. The molecule has 0 spiro atoms. The molecule has 0 aliphatic heterocycles. The van der Waals surface area contributed by atoms with Crippen LogP contribution in [-0.4, -0.2) is 16.5 Å². The predicted octanol–water partition coefficient (Wildman–Crippen LogP) is 4.08. The molecule has 2 rings (SSSR count). The first kappa shape index (κ1) is 12.9. The maximum Gasteiger partial charge on any atom is 0.0779 e. The lowest BCUT2D eigenvalue weighted by Crippen LogP contribution is -2.07. The molecule has 0 amide bonds. The van der Waals surface area contributed by atoms with Crippen LogP contribution in [0.15, 0.2) is 27.5 Å². The highest BCUT2D eigenvalue weighted by Gasteiger charge is 2.34. The van der Waals surface area contributed by atoms with Gasteiger partial charge in [0.25, 0.3) is 0 Å². The molecule has 1 aromatic rings. The van der Waals surface area contributed by atoms with E-state index in [4.69, 9.17) is 11.6 Å². The molecule has 94 valence electrons. The van der Waals surface area contributed by atoms with Crippen LogP contribution in [0.5, 0.6) is 0 Å². The minimum atomic E-state index is -2.24. The Balaban J connectivity index is 2.48. The van der Waals surface area contributed by atoms with Crippen LogP contribution in [0.25, 0.3) is 0 Å². The summed E-state index contributed by atoms with van der Waals surface area (Å²) in [6, 6.07) is 5.74. The monoisotopic (exact) mass is 271 g/mol. The standard InChI is InChI=1S/C13H18ClNOS/c1-9(2)12-7-6-11(8-13(12)14)17(16,15-3)10-4-5-10/h6-10H,4-5H2,1-3H3. The number of rotatable bonds is 3. The fourth-order valence-corrected chi connectivity index (χ4v) is 4.67.